The van der Waals surface area contributed by atoms with E-state index in [0.717, 1.165) is 26.1 Å². The van der Waals surface area contributed by atoms with Crippen LogP contribution < -0.4 is 5.32 Å². The standard InChI is InChI=1S/C14H23N3/c1-3-13-5-4-7-16-14(13)11-17-9-6-12(2)15-8-10-17/h4-5,7,12,15H,3,6,8-11H2,1-2H3. The van der Waals surface area contributed by atoms with E-state index in [-0.39, 0.29) is 0 Å². The molecule has 0 aromatic carbocycles. The summed E-state index contributed by atoms with van der Waals surface area (Å²) in [6.07, 6.45) is 4.22. The molecule has 0 bridgehead atoms. The first kappa shape index (κ1) is 12.5. The van der Waals surface area contributed by atoms with Gasteiger partial charge in [-0.05, 0) is 31.4 Å². The molecule has 1 aliphatic rings. The van der Waals surface area contributed by atoms with Gasteiger partial charge < -0.3 is 5.32 Å². The van der Waals surface area contributed by atoms with Gasteiger partial charge in [-0.3, -0.25) is 9.88 Å². The number of nitrogens with zero attached hydrogens (tertiary/aromatic N) is 2. The third kappa shape index (κ3) is 3.51. The van der Waals surface area contributed by atoms with Gasteiger partial charge in [-0.15, -0.1) is 0 Å². The van der Waals surface area contributed by atoms with E-state index in [1.807, 2.05) is 12.3 Å². The number of rotatable bonds is 3. The molecule has 1 aromatic heterocycles. The fourth-order valence-corrected chi connectivity index (χ4v) is 2.36. The van der Waals surface area contributed by atoms with Crippen LogP contribution in [0.25, 0.3) is 0 Å². The van der Waals surface area contributed by atoms with E-state index in [4.69, 9.17) is 0 Å². The van der Waals surface area contributed by atoms with Crippen LogP contribution in [0.4, 0.5) is 0 Å². The lowest BCUT2D eigenvalue weighted by molar-refractivity contribution is 0.278. The fraction of sp³-hybridized carbons (Fsp3) is 0.643. The van der Waals surface area contributed by atoms with Crippen molar-refractivity contribution in [2.75, 3.05) is 19.6 Å². The Bertz CT molecular complexity index is 351. The van der Waals surface area contributed by atoms with Gasteiger partial charge in [-0.25, -0.2) is 0 Å². The zero-order chi connectivity index (χ0) is 12.1. The Balaban J connectivity index is 1.99. The molecule has 1 saturated heterocycles. The first-order valence-corrected chi connectivity index (χ1v) is 6.68. The van der Waals surface area contributed by atoms with Crippen molar-refractivity contribution in [2.24, 2.45) is 0 Å². The van der Waals surface area contributed by atoms with Crippen LogP contribution in [-0.2, 0) is 13.0 Å². The summed E-state index contributed by atoms with van der Waals surface area (Å²) in [5.74, 6) is 0. The van der Waals surface area contributed by atoms with Crippen LogP contribution in [0, 0.1) is 0 Å². The zero-order valence-corrected chi connectivity index (χ0v) is 10.9. The molecular formula is C14H23N3. The third-order valence-electron chi connectivity index (χ3n) is 3.54. The minimum atomic E-state index is 0.648. The molecule has 1 unspecified atom stereocenters. The highest BCUT2D eigenvalue weighted by atomic mass is 15.2. The second-order valence-corrected chi connectivity index (χ2v) is 4.88. The van der Waals surface area contributed by atoms with Crippen molar-refractivity contribution in [3.8, 4) is 0 Å². The zero-order valence-electron chi connectivity index (χ0n) is 10.9. The van der Waals surface area contributed by atoms with Gasteiger partial charge in [0, 0.05) is 38.4 Å². The highest BCUT2D eigenvalue weighted by Crippen LogP contribution is 2.11. The summed E-state index contributed by atoms with van der Waals surface area (Å²) < 4.78 is 0. The Kier molecular flexibility index (Phi) is 4.51. The number of aryl methyl sites for hydroxylation is 1. The molecule has 2 heterocycles. The Morgan fingerprint density at radius 3 is 3.18 bits per heavy atom. The van der Waals surface area contributed by atoms with Crippen molar-refractivity contribution in [1.29, 1.82) is 0 Å². The van der Waals surface area contributed by atoms with Gasteiger partial charge in [0.05, 0.1) is 5.69 Å². The van der Waals surface area contributed by atoms with Crippen LogP contribution in [0.2, 0.25) is 0 Å². The molecule has 0 radical (unpaired) electrons. The average Bonchev–Trinajstić information content (AvgIpc) is 2.55. The van der Waals surface area contributed by atoms with Crippen LogP contribution in [0.3, 0.4) is 0 Å². The molecule has 1 aliphatic heterocycles. The van der Waals surface area contributed by atoms with Crippen molar-refractivity contribution in [3.05, 3.63) is 29.6 Å². The van der Waals surface area contributed by atoms with Gasteiger partial charge in [-0.1, -0.05) is 13.0 Å². The maximum atomic E-state index is 4.53. The summed E-state index contributed by atoms with van der Waals surface area (Å²) in [5.41, 5.74) is 2.64. The molecular weight excluding hydrogens is 210 g/mol. The van der Waals surface area contributed by atoms with Gasteiger partial charge in [0.2, 0.25) is 0 Å². The van der Waals surface area contributed by atoms with Crippen molar-refractivity contribution in [3.63, 3.8) is 0 Å². The van der Waals surface area contributed by atoms with E-state index in [1.54, 1.807) is 0 Å². The lowest BCUT2D eigenvalue weighted by Crippen LogP contribution is -2.29. The number of nitrogens with one attached hydrogen (secondary N) is 1. The molecule has 2 rings (SSSR count). The Morgan fingerprint density at radius 1 is 1.47 bits per heavy atom. The predicted octanol–water partition coefficient (Wildman–Crippen LogP) is 1.83. The number of pyridine rings is 1. The quantitative estimate of drug-likeness (QED) is 0.863. The normalized spacial score (nSPS) is 22.4. The topological polar surface area (TPSA) is 28.2 Å². The number of hydrogen-bond donors (Lipinski definition) is 1. The van der Waals surface area contributed by atoms with Gasteiger partial charge in [0.25, 0.3) is 0 Å². The molecule has 3 nitrogen and oxygen atoms in total. The second kappa shape index (κ2) is 6.12. The van der Waals surface area contributed by atoms with Gasteiger partial charge >= 0.3 is 0 Å². The first-order valence-electron chi connectivity index (χ1n) is 6.68. The van der Waals surface area contributed by atoms with Crippen LogP contribution in [0.1, 0.15) is 31.5 Å². The summed E-state index contributed by atoms with van der Waals surface area (Å²) in [7, 11) is 0. The van der Waals surface area contributed by atoms with Crippen molar-refractivity contribution in [1.82, 2.24) is 15.2 Å². The Morgan fingerprint density at radius 2 is 2.35 bits per heavy atom. The smallest absolute Gasteiger partial charge is 0.0575 e. The maximum Gasteiger partial charge on any atom is 0.0575 e. The van der Waals surface area contributed by atoms with Gasteiger partial charge in [-0.2, -0.15) is 0 Å². The molecule has 1 N–H and O–H groups in total. The molecule has 1 atom stereocenters. The molecule has 17 heavy (non-hydrogen) atoms. The third-order valence-corrected chi connectivity index (χ3v) is 3.54. The number of hydrogen-bond acceptors (Lipinski definition) is 3. The lowest BCUT2D eigenvalue weighted by atomic mass is 10.1. The molecule has 94 valence electrons. The summed E-state index contributed by atoms with van der Waals surface area (Å²) in [5, 5.41) is 3.53. The van der Waals surface area contributed by atoms with E-state index in [2.05, 4.69) is 35.1 Å². The Hall–Kier alpha value is -0.930. The first-order chi connectivity index (χ1) is 8.29. The lowest BCUT2D eigenvalue weighted by Gasteiger charge is -2.20. The second-order valence-electron chi connectivity index (χ2n) is 4.88. The molecule has 3 heteroatoms. The Labute approximate surface area is 104 Å². The molecule has 0 saturated carbocycles. The van der Waals surface area contributed by atoms with E-state index >= 15 is 0 Å². The minimum absolute atomic E-state index is 0.648. The predicted molar refractivity (Wildman–Crippen MR) is 71.0 cm³/mol. The molecule has 1 fully saturated rings. The van der Waals surface area contributed by atoms with Gasteiger partial charge in [0.15, 0.2) is 0 Å². The number of aromatic nitrogens is 1. The van der Waals surface area contributed by atoms with Crippen molar-refractivity contribution >= 4 is 0 Å². The highest BCUT2D eigenvalue weighted by molar-refractivity contribution is 5.19. The van der Waals surface area contributed by atoms with Crippen LogP contribution in [0.5, 0.6) is 0 Å². The van der Waals surface area contributed by atoms with Crippen molar-refractivity contribution < 1.29 is 0 Å². The van der Waals surface area contributed by atoms with Crippen LogP contribution >= 0.6 is 0 Å². The molecule has 0 amide bonds. The summed E-state index contributed by atoms with van der Waals surface area (Å²) in [6, 6.07) is 4.88. The summed E-state index contributed by atoms with van der Waals surface area (Å²) in [4.78, 5) is 7.04. The summed E-state index contributed by atoms with van der Waals surface area (Å²) >= 11 is 0. The summed E-state index contributed by atoms with van der Waals surface area (Å²) in [6.45, 7) is 8.86. The van der Waals surface area contributed by atoms with E-state index in [0.29, 0.717) is 6.04 Å². The van der Waals surface area contributed by atoms with Gasteiger partial charge in [0.1, 0.15) is 0 Å². The average molecular weight is 233 g/mol. The van der Waals surface area contributed by atoms with E-state index < -0.39 is 0 Å². The monoisotopic (exact) mass is 233 g/mol. The molecule has 1 aromatic rings. The van der Waals surface area contributed by atoms with Crippen LogP contribution in [0.15, 0.2) is 18.3 Å². The SMILES string of the molecule is CCc1cccnc1CN1CCNC(C)CC1. The molecule has 0 spiro atoms. The highest BCUT2D eigenvalue weighted by Gasteiger charge is 2.14. The van der Waals surface area contributed by atoms with E-state index in [1.165, 1.54) is 24.2 Å². The van der Waals surface area contributed by atoms with E-state index in [9.17, 15) is 0 Å². The minimum Gasteiger partial charge on any atom is -0.313 e. The maximum absolute atomic E-state index is 4.53. The fourth-order valence-electron chi connectivity index (χ4n) is 2.36. The molecule has 0 aliphatic carbocycles. The van der Waals surface area contributed by atoms with Crippen molar-refractivity contribution in [2.45, 2.75) is 39.3 Å². The largest absolute Gasteiger partial charge is 0.313 e. The van der Waals surface area contributed by atoms with Crippen LogP contribution in [-0.4, -0.2) is 35.6 Å².